The molecule has 0 radical (unpaired) electrons. The van der Waals surface area contributed by atoms with Crippen LogP contribution in [0.15, 0.2) is 53.5 Å². The normalized spacial score (nSPS) is 16.3. The number of benzene rings is 2. The summed E-state index contributed by atoms with van der Waals surface area (Å²) in [6.45, 7) is 3.38. The highest BCUT2D eigenvalue weighted by atomic mass is 16.5. The summed E-state index contributed by atoms with van der Waals surface area (Å²) >= 11 is 0. The molecule has 0 saturated heterocycles. The highest BCUT2D eigenvalue weighted by molar-refractivity contribution is 5.97. The second-order valence-corrected chi connectivity index (χ2v) is 7.07. The Morgan fingerprint density at radius 3 is 2.79 bits per heavy atom. The van der Waals surface area contributed by atoms with Crippen LogP contribution >= 0.6 is 0 Å². The first kappa shape index (κ1) is 18.3. The molecule has 146 valence electrons. The number of nitrogens with one attached hydrogen (secondary N) is 1. The average Bonchev–Trinajstić information content (AvgIpc) is 2.75. The molecule has 2 aromatic rings. The Hall–Kier alpha value is -3.02. The lowest BCUT2D eigenvalue weighted by Crippen LogP contribution is -2.45. The minimum Gasteiger partial charge on any atom is -0.482 e. The first-order valence-electron chi connectivity index (χ1n) is 9.81. The Bertz CT molecular complexity index is 880. The molecular formula is C22H26N4O2. The fourth-order valence-electron chi connectivity index (χ4n) is 3.85. The topological polar surface area (TPSA) is 57.2 Å². The molecule has 2 aliphatic rings. The summed E-state index contributed by atoms with van der Waals surface area (Å²) < 4.78 is 5.50. The van der Waals surface area contributed by atoms with Gasteiger partial charge in [-0.1, -0.05) is 36.4 Å². The van der Waals surface area contributed by atoms with Crippen LogP contribution in [0.3, 0.4) is 0 Å². The van der Waals surface area contributed by atoms with Crippen LogP contribution < -0.4 is 15.0 Å². The zero-order valence-corrected chi connectivity index (χ0v) is 16.2. The van der Waals surface area contributed by atoms with Gasteiger partial charge in [0.05, 0.1) is 5.69 Å². The maximum absolute atomic E-state index is 12.3. The molecule has 2 heterocycles. The van der Waals surface area contributed by atoms with E-state index in [4.69, 9.17) is 4.74 Å². The molecule has 1 N–H and O–H groups in total. The molecule has 4 rings (SSSR count). The van der Waals surface area contributed by atoms with Gasteiger partial charge in [0.15, 0.2) is 12.6 Å². The van der Waals surface area contributed by atoms with Crippen LogP contribution in [-0.4, -0.2) is 50.1 Å². The lowest BCUT2D eigenvalue weighted by Gasteiger charge is -2.32. The van der Waals surface area contributed by atoms with Crippen LogP contribution in [0.2, 0.25) is 0 Å². The minimum atomic E-state index is 0.00993. The van der Waals surface area contributed by atoms with E-state index < -0.39 is 0 Å². The van der Waals surface area contributed by atoms with Gasteiger partial charge in [-0.05, 0) is 36.1 Å². The SMILES string of the molecule is CN=C(NCCCN1C(=O)COc2ccccc21)N1CCc2ccccc2C1. The number of ether oxygens (including phenoxy) is 1. The van der Waals surface area contributed by atoms with E-state index in [0.29, 0.717) is 6.54 Å². The van der Waals surface area contributed by atoms with Crippen molar-refractivity contribution in [1.29, 1.82) is 0 Å². The van der Waals surface area contributed by atoms with Gasteiger partial charge in [0.2, 0.25) is 0 Å². The minimum absolute atomic E-state index is 0.00993. The van der Waals surface area contributed by atoms with Gasteiger partial charge in [0, 0.05) is 33.2 Å². The number of para-hydroxylation sites is 2. The summed E-state index contributed by atoms with van der Waals surface area (Å²) in [7, 11) is 1.82. The van der Waals surface area contributed by atoms with E-state index in [0.717, 1.165) is 49.9 Å². The molecule has 0 fully saturated rings. The molecule has 1 amide bonds. The van der Waals surface area contributed by atoms with Crippen molar-refractivity contribution in [3.8, 4) is 5.75 Å². The van der Waals surface area contributed by atoms with Crippen molar-refractivity contribution in [2.24, 2.45) is 4.99 Å². The van der Waals surface area contributed by atoms with E-state index in [2.05, 4.69) is 39.5 Å². The molecule has 2 aromatic carbocycles. The second-order valence-electron chi connectivity index (χ2n) is 7.07. The maximum Gasteiger partial charge on any atom is 0.265 e. The number of carbonyl (C=O) groups excluding carboxylic acids is 1. The number of hydrogen-bond donors (Lipinski definition) is 1. The standard InChI is InChI=1S/C22H26N4O2/c1-23-22(25-14-11-17-7-2-3-8-18(17)15-25)24-12-6-13-26-19-9-4-5-10-20(19)28-16-21(26)27/h2-5,7-10H,6,11-16H2,1H3,(H,23,24). The summed E-state index contributed by atoms with van der Waals surface area (Å²) in [6.07, 6.45) is 1.87. The van der Waals surface area contributed by atoms with Crippen molar-refractivity contribution in [1.82, 2.24) is 10.2 Å². The van der Waals surface area contributed by atoms with E-state index in [1.807, 2.05) is 36.2 Å². The average molecular weight is 378 g/mol. The largest absolute Gasteiger partial charge is 0.482 e. The van der Waals surface area contributed by atoms with Crippen molar-refractivity contribution >= 4 is 17.6 Å². The van der Waals surface area contributed by atoms with Crippen LogP contribution in [0.1, 0.15) is 17.5 Å². The molecule has 0 bridgehead atoms. The molecular weight excluding hydrogens is 352 g/mol. The van der Waals surface area contributed by atoms with Gasteiger partial charge in [0.25, 0.3) is 5.91 Å². The van der Waals surface area contributed by atoms with Gasteiger partial charge in [0.1, 0.15) is 5.75 Å². The molecule has 0 aromatic heterocycles. The Morgan fingerprint density at radius 1 is 1.14 bits per heavy atom. The van der Waals surface area contributed by atoms with E-state index in [9.17, 15) is 4.79 Å². The van der Waals surface area contributed by atoms with Crippen LogP contribution in [-0.2, 0) is 17.8 Å². The molecule has 0 saturated carbocycles. The fraction of sp³-hybridized carbons (Fsp3) is 0.364. The predicted molar refractivity (Wildman–Crippen MR) is 111 cm³/mol. The number of hydrogen-bond acceptors (Lipinski definition) is 3. The third kappa shape index (κ3) is 3.81. The number of aliphatic imine (C=N–C) groups is 1. The van der Waals surface area contributed by atoms with Gasteiger partial charge in [-0.15, -0.1) is 0 Å². The molecule has 2 aliphatic heterocycles. The predicted octanol–water partition coefficient (Wildman–Crippen LogP) is 2.44. The lowest BCUT2D eigenvalue weighted by molar-refractivity contribution is -0.121. The molecule has 0 spiro atoms. The lowest BCUT2D eigenvalue weighted by atomic mass is 10.0. The first-order valence-corrected chi connectivity index (χ1v) is 9.81. The number of guanidine groups is 1. The summed E-state index contributed by atoms with van der Waals surface area (Å²) in [5.41, 5.74) is 3.65. The molecule has 28 heavy (non-hydrogen) atoms. The van der Waals surface area contributed by atoms with Crippen molar-refractivity contribution in [2.45, 2.75) is 19.4 Å². The number of amides is 1. The van der Waals surface area contributed by atoms with Crippen LogP contribution in [0.4, 0.5) is 5.69 Å². The third-order valence-electron chi connectivity index (χ3n) is 5.29. The van der Waals surface area contributed by atoms with E-state index in [1.165, 1.54) is 11.1 Å². The molecule has 6 heteroatoms. The zero-order chi connectivity index (χ0) is 19.3. The zero-order valence-electron chi connectivity index (χ0n) is 16.2. The Kier molecular flexibility index (Phi) is 5.46. The first-order chi connectivity index (χ1) is 13.8. The highest BCUT2D eigenvalue weighted by Gasteiger charge is 2.24. The van der Waals surface area contributed by atoms with E-state index >= 15 is 0 Å². The number of rotatable bonds is 4. The fourth-order valence-corrected chi connectivity index (χ4v) is 3.85. The van der Waals surface area contributed by atoms with E-state index in [1.54, 1.807) is 0 Å². The molecule has 6 nitrogen and oxygen atoms in total. The number of fused-ring (bicyclic) bond motifs is 2. The third-order valence-corrected chi connectivity index (χ3v) is 5.29. The Balaban J connectivity index is 1.31. The van der Waals surface area contributed by atoms with Crippen LogP contribution in [0.25, 0.3) is 0 Å². The molecule has 0 atom stereocenters. The monoisotopic (exact) mass is 378 g/mol. The number of nitrogens with zero attached hydrogens (tertiary/aromatic N) is 3. The van der Waals surface area contributed by atoms with Crippen molar-refractivity contribution in [2.75, 3.05) is 38.2 Å². The Labute approximate surface area is 165 Å². The number of anilines is 1. The van der Waals surface area contributed by atoms with Crippen LogP contribution in [0.5, 0.6) is 5.75 Å². The van der Waals surface area contributed by atoms with Gasteiger partial charge in [-0.3, -0.25) is 9.79 Å². The van der Waals surface area contributed by atoms with Gasteiger partial charge >= 0.3 is 0 Å². The summed E-state index contributed by atoms with van der Waals surface area (Å²) in [6, 6.07) is 16.3. The summed E-state index contributed by atoms with van der Waals surface area (Å²) in [5.74, 6) is 1.71. The van der Waals surface area contributed by atoms with Crippen molar-refractivity contribution in [3.05, 3.63) is 59.7 Å². The summed E-state index contributed by atoms with van der Waals surface area (Å²) in [4.78, 5) is 20.8. The van der Waals surface area contributed by atoms with Crippen molar-refractivity contribution < 1.29 is 9.53 Å². The van der Waals surface area contributed by atoms with Gasteiger partial charge in [-0.2, -0.15) is 0 Å². The quantitative estimate of drug-likeness (QED) is 0.504. The number of carbonyl (C=O) groups is 1. The molecule has 0 unspecified atom stereocenters. The smallest absolute Gasteiger partial charge is 0.265 e. The van der Waals surface area contributed by atoms with E-state index in [-0.39, 0.29) is 12.5 Å². The van der Waals surface area contributed by atoms with Gasteiger partial charge < -0.3 is 19.9 Å². The Morgan fingerprint density at radius 2 is 1.93 bits per heavy atom. The van der Waals surface area contributed by atoms with Crippen molar-refractivity contribution in [3.63, 3.8) is 0 Å². The second kappa shape index (κ2) is 8.33. The van der Waals surface area contributed by atoms with Crippen LogP contribution in [0, 0.1) is 0 Å². The molecule has 0 aliphatic carbocycles. The maximum atomic E-state index is 12.3. The summed E-state index contributed by atoms with van der Waals surface area (Å²) in [5, 5.41) is 3.46. The van der Waals surface area contributed by atoms with Gasteiger partial charge in [-0.25, -0.2) is 0 Å². The highest BCUT2D eigenvalue weighted by Crippen LogP contribution is 2.31.